The van der Waals surface area contributed by atoms with Crippen molar-refractivity contribution in [1.82, 2.24) is 9.88 Å². The third-order valence-corrected chi connectivity index (χ3v) is 5.57. The Labute approximate surface area is 169 Å². The zero-order chi connectivity index (χ0) is 20.7. The Kier molecular flexibility index (Phi) is 4.71. The molecule has 1 aromatic heterocycles. The number of esters is 1. The topological polar surface area (TPSA) is 116 Å². The number of nitro benzene ring substituents is 1. The van der Waals surface area contributed by atoms with Crippen molar-refractivity contribution < 1.29 is 23.7 Å². The van der Waals surface area contributed by atoms with Crippen LogP contribution in [0.15, 0.2) is 45.4 Å². The SMILES string of the molecule is Cc1nc(C)c(/C=C2/C(=O)N3C(C(=O)OCc4ccc([N+](=O)[O-])cc4)=CSC23)o1. The molecule has 4 rings (SSSR count). The first-order valence-electron chi connectivity index (χ1n) is 8.60. The lowest BCUT2D eigenvalue weighted by atomic mass is 10.0. The Morgan fingerprint density at radius 2 is 2.10 bits per heavy atom. The Morgan fingerprint density at radius 3 is 2.72 bits per heavy atom. The molecule has 10 heteroatoms. The van der Waals surface area contributed by atoms with Crippen LogP contribution < -0.4 is 0 Å². The van der Waals surface area contributed by atoms with E-state index in [0.29, 0.717) is 28.5 Å². The normalized spacial score (nSPS) is 19.0. The maximum atomic E-state index is 12.5. The molecule has 0 aliphatic carbocycles. The summed E-state index contributed by atoms with van der Waals surface area (Å²) in [5.41, 5.74) is 1.97. The molecule has 1 saturated heterocycles. The van der Waals surface area contributed by atoms with Gasteiger partial charge in [-0.2, -0.15) is 0 Å². The number of aromatic nitrogens is 1. The van der Waals surface area contributed by atoms with E-state index in [1.54, 1.807) is 25.3 Å². The van der Waals surface area contributed by atoms with Gasteiger partial charge in [-0.3, -0.25) is 19.8 Å². The first-order chi connectivity index (χ1) is 13.8. The molecule has 0 bridgehead atoms. The van der Waals surface area contributed by atoms with Crippen LogP contribution in [0.1, 0.15) is 22.9 Å². The number of fused-ring (bicyclic) bond motifs is 1. The number of β-lactam (4-membered cyclic amide) rings is 1. The number of carbonyl (C=O) groups is 2. The zero-order valence-electron chi connectivity index (χ0n) is 15.4. The van der Waals surface area contributed by atoms with Crippen molar-refractivity contribution in [3.8, 4) is 0 Å². The van der Waals surface area contributed by atoms with Gasteiger partial charge in [-0.1, -0.05) is 0 Å². The minimum absolute atomic E-state index is 0.0412. The minimum atomic E-state index is -0.627. The van der Waals surface area contributed by atoms with E-state index < -0.39 is 10.9 Å². The highest BCUT2D eigenvalue weighted by atomic mass is 32.2. The first-order valence-corrected chi connectivity index (χ1v) is 9.54. The largest absolute Gasteiger partial charge is 0.456 e. The Balaban J connectivity index is 1.40. The van der Waals surface area contributed by atoms with Crippen LogP contribution in [0.3, 0.4) is 0 Å². The van der Waals surface area contributed by atoms with E-state index in [2.05, 4.69) is 4.98 Å². The predicted octanol–water partition coefficient (Wildman–Crippen LogP) is 3.08. The van der Waals surface area contributed by atoms with E-state index in [0.717, 1.165) is 0 Å². The second-order valence-electron chi connectivity index (χ2n) is 6.45. The van der Waals surface area contributed by atoms with Crippen LogP contribution in [-0.2, 0) is 20.9 Å². The number of amides is 1. The fourth-order valence-electron chi connectivity index (χ4n) is 3.02. The quantitative estimate of drug-likeness (QED) is 0.241. The molecule has 29 heavy (non-hydrogen) atoms. The van der Waals surface area contributed by atoms with Gasteiger partial charge in [0.25, 0.3) is 11.6 Å². The summed E-state index contributed by atoms with van der Waals surface area (Å²) >= 11 is 1.34. The number of aryl methyl sites for hydroxylation is 2. The summed E-state index contributed by atoms with van der Waals surface area (Å²) < 4.78 is 10.7. The summed E-state index contributed by atoms with van der Waals surface area (Å²) in [5.74, 6) is 0.135. The minimum Gasteiger partial charge on any atom is -0.456 e. The van der Waals surface area contributed by atoms with E-state index in [9.17, 15) is 19.7 Å². The third kappa shape index (κ3) is 3.42. The van der Waals surface area contributed by atoms with Crippen molar-refractivity contribution in [2.24, 2.45) is 0 Å². The molecule has 3 heterocycles. The molecule has 148 valence electrons. The summed E-state index contributed by atoms with van der Waals surface area (Å²) in [6, 6.07) is 5.72. The summed E-state index contributed by atoms with van der Waals surface area (Å²) in [5, 5.41) is 12.0. The second kappa shape index (κ2) is 7.21. The molecule has 1 fully saturated rings. The summed E-state index contributed by atoms with van der Waals surface area (Å²) in [4.78, 5) is 40.7. The van der Waals surface area contributed by atoms with Crippen molar-refractivity contribution in [3.05, 3.63) is 74.0 Å². The molecule has 1 aromatic carbocycles. The highest BCUT2D eigenvalue weighted by Crippen LogP contribution is 2.45. The number of nitrogens with zero attached hydrogens (tertiary/aromatic N) is 3. The molecule has 1 amide bonds. The number of benzene rings is 1. The van der Waals surface area contributed by atoms with Crippen molar-refractivity contribution in [3.63, 3.8) is 0 Å². The lowest BCUT2D eigenvalue weighted by molar-refractivity contribution is -0.384. The van der Waals surface area contributed by atoms with Gasteiger partial charge in [-0.25, -0.2) is 9.78 Å². The second-order valence-corrected chi connectivity index (χ2v) is 7.40. The molecule has 2 aromatic rings. The molecule has 0 N–H and O–H groups in total. The van der Waals surface area contributed by atoms with Gasteiger partial charge in [-0.15, -0.1) is 11.8 Å². The van der Waals surface area contributed by atoms with Crippen LogP contribution in [-0.4, -0.2) is 32.1 Å². The molecule has 0 saturated carbocycles. The van der Waals surface area contributed by atoms with Gasteiger partial charge in [0.15, 0.2) is 11.7 Å². The number of non-ortho nitro benzene ring substituents is 1. The van der Waals surface area contributed by atoms with Crippen LogP contribution in [0, 0.1) is 24.0 Å². The Bertz CT molecular complexity index is 1090. The van der Waals surface area contributed by atoms with E-state index >= 15 is 0 Å². The molecule has 1 unspecified atom stereocenters. The van der Waals surface area contributed by atoms with Gasteiger partial charge in [0.2, 0.25) is 0 Å². The van der Waals surface area contributed by atoms with Gasteiger partial charge >= 0.3 is 5.97 Å². The van der Waals surface area contributed by atoms with Crippen LogP contribution in [0.5, 0.6) is 0 Å². The molecule has 1 atom stereocenters. The van der Waals surface area contributed by atoms with Crippen LogP contribution in [0.2, 0.25) is 0 Å². The summed E-state index contributed by atoms with van der Waals surface area (Å²) in [7, 11) is 0. The van der Waals surface area contributed by atoms with Crippen molar-refractivity contribution >= 4 is 35.4 Å². The van der Waals surface area contributed by atoms with Crippen molar-refractivity contribution in [1.29, 1.82) is 0 Å². The Morgan fingerprint density at radius 1 is 1.38 bits per heavy atom. The highest BCUT2D eigenvalue weighted by molar-refractivity contribution is 8.03. The molecule has 0 radical (unpaired) electrons. The maximum Gasteiger partial charge on any atom is 0.355 e. The number of carbonyl (C=O) groups excluding carboxylic acids is 2. The van der Waals surface area contributed by atoms with E-state index in [1.807, 2.05) is 0 Å². The van der Waals surface area contributed by atoms with Gasteiger partial charge in [-0.05, 0) is 30.7 Å². The zero-order valence-corrected chi connectivity index (χ0v) is 16.3. The predicted molar refractivity (Wildman–Crippen MR) is 103 cm³/mol. The van der Waals surface area contributed by atoms with Crippen LogP contribution in [0.4, 0.5) is 5.69 Å². The Hall–Kier alpha value is -3.40. The number of ether oxygens (including phenoxy) is 1. The fraction of sp³-hybridized carbons (Fsp3) is 0.211. The molecule has 0 spiro atoms. The van der Waals surface area contributed by atoms with Gasteiger partial charge in [0.1, 0.15) is 17.7 Å². The third-order valence-electron chi connectivity index (χ3n) is 4.49. The lowest BCUT2D eigenvalue weighted by Gasteiger charge is -2.37. The molecule has 2 aliphatic rings. The van der Waals surface area contributed by atoms with Crippen molar-refractivity contribution in [2.45, 2.75) is 25.8 Å². The monoisotopic (exact) mass is 413 g/mol. The smallest absolute Gasteiger partial charge is 0.355 e. The van der Waals surface area contributed by atoms with Crippen LogP contribution >= 0.6 is 11.8 Å². The first kappa shape index (κ1) is 18.9. The molecule has 9 nitrogen and oxygen atoms in total. The summed E-state index contributed by atoms with van der Waals surface area (Å²) in [6.07, 6.45) is 1.66. The van der Waals surface area contributed by atoms with Gasteiger partial charge in [0, 0.05) is 24.5 Å². The average Bonchev–Trinajstić information content (AvgIpc) is 3.24. The van der Waals surface area contributed by atoms with E-state index in [-0.39, 0.29) is 29.3 Å². The molecular formula is C19H15N3O6S. The number of thioether (sulfide) groups is 1. The standard InChI is InChI=1S/C19H15N3O6S/c1-10-16(28-11(2)20-10)7-14-17(23)21-15(9-29-18(14)21)19(24)27-8-12-3-5-13(6-4-12)22(25)26/h3-7,9,18H,8H2,1-2H3/b14-7-. The molecule has 2 aliphatic heterocycles. The highest BCUT2D eigenvalue weighted by Gasteiger charge is 2.50. The number of hydrogen-bond donors (Lipinski definition) is 0. The van der Waals surface area contributed by atoms with E-state index in [4.69, 9.17) is 9.15 Å². The number of hydrogen-bond acceptors (Lipinski definition) is 8. The summed E-state index contributed by atoms with van der Waals surface area (Å²) in [6.45, 7) is 3.48. The lowest BCUT2D eigenvalue weighted by Crippen LogP contribution is -2.51. The number of nitro groups is 1. The van der Waals surface area contributed by atoms with Gasteiger partial charge < -0.3 is 9.15 Å². The number of rotatable bonds is 5. The maximum absolute atomic E-state index is 12.5. The average molecular weight is 413 g/mol. The van der Waals surface area contributed by atoms with E-state index in [1.165, 1.54) is 40.9 Å². The van der Waals surface area contributed by atoms with Gasteiger partial charge in [0.05, 0.1) is 16.2 Å². The van der Waals surface area contributed by atoms with Crippen LogP contribution in [0.25, 0.3) is 6.08 Å². The number of oxazole rings is 1. The molecular weight excluding hydrogens is 398 g/mol. The van der Waals surface area contributed by atoms with Crippen molar-refractivity contribution in [2.75, 3.05) is 0 Å². The fourth-order valence-corrected chi connectivity index (χ4v) is 4.13.